The van der Waals surface area contributed by atoms with Crippen molar-refractivity contribution in [3.05, 3.63) is 94.9 Å². The summed E-state index contributed by atoms with van der Waals surface area (Å²) in [4.78, 5) is 1.22. The molecule has 0 unspecified atom stereocenters. The smallest absolute Gasteiger partial charge is 0.123 e. The van der Waals surface area contributed by atoms with Crippen molar-refractivity contribution < 1.29 is 9.84 Å². The van der Waals surface area contributed by atoms with Gasteiger partial charge in [0.05, 0.1) is 7.11 Å². The molecule has 0 radical (unpaired) electrons. The van der Waals surface area contributed by atoms with Crippen LogP contribution in [0.3, 0.4) is 0 Å². The molecule has 1 aromatic heterocycles. The van der Waals surface area contributed by atoms with Gasteiger partial charge in [-0.1, -0.05) is 54.6 Å². The lowest BCUT2D eigenvalue weighted by Crippen LogP contribution is -2.02. The van der Waals surface area contributed by atoms with Crippen LogP contribution in [-0.2, 0) is 0 Å². The highest BCUT2D eigenvalue weighted by Crippen LogP contribution is 2.42. The summed E-state index contributed by atoms with van der Waals surface area (Å²) >= 11 is 1.77. The van der Waals surface area contributed by atoms with Crippen LogP contribution in [0.2, 0.25) is 0 Å². The Labute approximate surface area is 151 Å². The molecule has 0 saturated heterocycles. The Bertz CT molecular complexity index is 972. The Balaban J connectivity index is 1.90. The van der Waals surface area contributed by atoms with Gasteiger partial charge in [-0.05, 0) is 29.1 Å². The van der Waals surface area contributed by atoms with Gasteiger partial charge in [-0.2, -0.15) is 0 Å². The first kappa shape index (κ1) is 15.7. The maximum Gasteiger partial charge on any atom is 0.123 e. The van der Waals surface area contributed by atoms with Gasteiger partial charge in [-0.25, -0.2) is 0 Å². The van der Waals surface area contributed by atoms with Gasteiger partial charge < -0.3 is 9.84 Å². The summed E-state index contributed by atoms with van der Waals surface area (Å²) in [6, 6.07) is 26.5. The summed E-state index contributed by atoms with van der Waals surface area (Å²) < 4.78 is 6.49. The molecule has 0 bridgehead atoms. The zero-order chi connectivity index (χ0) is 17.2. The minimum Gasteiger partial charge on any atom is -0.507 e. The average molecular weight is 346 g/mol. The average Bonchev–Trinajstić information content (AvgIpc) is 3.07. The van der Waals surface area contributed by atoms with Crippen molar-refractivity contribution in [2.24, 2.45) is 0 Å². The van der Waals surface area contributed by atoms with Crippen LogP contribution in [0.5, 0.6) is 11.5 Å². The van der Waals surface area contributed by atoms with Crippen LogP contribution in [0, 0.1) is 0 Å². The predicted octanol–water partition coefficient (Wildman–Crippen LogP) is 5.80. The quantitative estimate of drug-likeness (QED) is 0.506. The van der Waals surface area contributed by atoms with Crippen LogP contribution in [-0.4, -0.2) is 12.2 Å². The Morgan fingerprint density at radius 1 is 0.880 bits per heavy atom. The number of ether oxygens (including phenoxy) is 1. The van der Waals surface area contributed by atoms with Gasteiger partial charge in [0.15, 0.2) is 0 Å². The molecule has 1 atom stereocenters. The third-order valence-corrected chi connectivity index (χ3v) is 5.59. The monoisotopic (exact) mass is 346 g/mol. The fourth-order valence-electron chi connectivity index (χ4n) is 3.18. The molecule has 1 N–H and O–H groups in total. The first-order valence-corrected chi connectivity index (χ1v) is 8.98. The summed E-state index contributed by atoms with van der Waals surface area (Å²) in [5, 5.41) is 11.8. The molecule has 0 amide bonds. The van der Waals surface area contributed by atoms with Gasteiger partial charge in [-0.15, -0.1) is 11.3 Å². The van der Waals surface area contributed by atoms with E-state index >= 15 is 0 Å². The molecule has 3 aromatic carbocycles. The van der Waals surface area contributed by atoms with E-state index in [0.717, 1.165) is 11.1 Å². The largest absolute Gasteiger partial charge is 0.507 e. The van der Waals surface area contributed by atoms with E-state index in [1.807, 2.05) is 30.3 Å². The van der Waals surface area contributed by atoms with Crippen molar-refractivity contribution in [1.29, 1.82) is 0 Å². The molecule has 0 aliphatic carbocycles. The van der Waals surface area contributed by atoms with Crippen LogP contribution in [0.25, 0.3) is 10.1 Å². The van der Waals surface area contributed by atoms with Gasteiger partial charge in [0.1, 0.15) is 11.5 Å². The highest BCUT2D eigenvalue weighted by Gasteiger charge is 2.22. The summed E-state index contributed by atoms with van der Waals surface area (Å²) in [6.07, 6.45) is 0. The normalized spacial score (nSPS) is 12.2. The number of hydrogen-bond donors (Lipinski definition) is 1. The minimum atomic E-state index is -0.00972. The first-order valence-electron chi connectivity index (χ1n) is 8.16. The van der Waals surface area contributed by atoms with Gasteiger partial charge in [-0.3, -0.25) is 0 Å². The number of aromatic hydroxyl groups is 1. The second-order valence-electron chi connectivity index (χ2n) is 5.96. The van der Waals surface area contributed by atoms with Crippen molar-refractivity contribution in [2.45, 2.75) is 5.92 Å². The van der Waals surface area contributed by atoms with E-state index in [2.05, 4.69) is 42.5 Å². The molecule has 0 spiro atoms. The summed E-state index contributed by atoms with van der Waals surface area (Å²) in [7, 11) is 1.61. The lowest BCUT2D eigenvalue weighted by molar-refractivity contribution is 0.406. The van der Waals surface area contributed by atoms with Crippen LogP contribution >= 0.6 is 11.3 Å². The Morgan fingerprint density at radius 2 is 1.64 bits per heavy atom. The SMILES string of the molecule is COc1ccc([C@H](c2ccccc2)c2cc3ccccc3s2)c(O)c1. The van der Waals surface area contributed by atoms with Crippen LogP contribution in [0.4, 0.5) is 0 Å². The highest BCUT2D eigenvalue weighted by molar-refractivity contribution is 7.19. The number of phenolic OH excluding ortho intramolecular Hbond substituents is 1. The summed E-state index contributed by atoms with van der Waals surface area (Å²) in [6.45, 7) is 0. The molecule has 2 nitrogen and oxygen atoms in total. The van der Waals surface area contributed by atoms with Crippen molar-refractivity contribution in [2.75, 3.05) is 7.11 Å². The number of rotatable bonds is 4. The maximum absolute atomic E-state index is 10.6. The first-order chi connectivity index (χ1) is 12.3. The van der Waals surface area contributed by atoms with Gasteiger partial charge >= 0.3 is 0 Å². The van der Waals surface area contributed by atoms with Crippen LogP contribution in [0.15, 0.2) is 78.9 Å². The number of thiophene rings is 1. The maximum atomic E-state index is 10.6. The molecule has 1 heterocycles. The molecular formula is C22H18O2S. The third-order valence-electron chi connectivity index (χ3n) is 4.41. The van der Waals surface area contributed by atoms with Crippen LogP contribution < -0.4 is 4.74 Å². The van der Waals surface area contributed by atoms with Crippen molar-refractivity contribution in [3.63, 3.8) is 0 Å². The van der Waals surface area contributed by atoms with E-state index < -0.39 is 0 Å². The Morgan fingerprint density at radius 3 is 2.36 bits per heavy atom. The van der Waals surface area contributed by atoms with E-state index in [1.54, 1.807) is 24.5 Å². The topological polar surface area (TPSA) is 29.5 Å². The predicted molar refractivity (Wildman–Crippen MR) is 104 cm³/mol. The zero-order valence-electron chi connectivity index (χ0n) is 13.8. The molecule has 0 aliphatic rings. The summed E-state index contributed by atoms with van der Waals surface area (Å²) in [5.74, 6) is 0.902. The molecule has 0 saturated carbocycles. The van der Waals surface area contributed by atoms with E-state index in [0.29, 0.717) is 5.75 Å². The van der Waals surface area contributed by atoms with Crippen molar-refractivity contribution >= 4 is 21.4 Å². The Hall–Kier alpha value is -2.78. The number of fused-ring (bicyclic) bond motifs is 1. The second kappa shape index (κ2) is 6.61. The molecule has 0 fully saturated rings. The molecule has 124 valence electrons. The number of phenols is 1. The molecular weight excluding hydrogens is 328 g/mol. The van der Waals surface area contributed by atoms with Gasteiger partial charge in [0.2, 0.25) is 0 Å². The second-order valence-corrected chi connectivity index (χ2v) is 7.07. The van der Waals surface area contributed by atoms with Crippen molar-refractivity contribution in [3.8, 4) is 11.5 Å². The lowest BCUT2D eigenvalue weighted by Gasteiger charge is -2.18. The number of hydrogen-bond acceptors (Lipinski definition) is 3. The Kier molecular flexibility index (Phi) is 4.16. The lowest BCUT2D eigenvalue weighted by atomic mass is 9.89. The van der Waals surface area contributed by atoms with Crippen LogP contribution in [0.1, 0.15) is 21.9 Å². The van der Waals surface area contributed by atoms with Crippen molar-refractivity contribution in [1.82, 2.24) is 0 Å². The van der Waals surface area contributed by atoms with E-state index in [1.165, 1.54) is 15.0 Å². The van der Waals surface area contributed by atoms with E-state index in [-0.39, 0.29) is 11.7 Å². The highest BCUT2D eigenvalue weighted by atomic mass is 32.1. The third kappa shape index (κ3) is 2.99. The van der Waals surface area contributed by atoms with E-state index in [4.69, 9.17) is 4.74 Å². The zero-order valence-corrected chi connectivity index (χ0v) is 14.7. The molecule has 4 aromatic rings. The fraction of sp³-hybridized carbons (Fsp3) is 0.0909. The fourth-order valence-corrected chi connectivity index (χ4v) is 4.39. The molecule has 25 heavy (non-hydrogen) atoms. The van der Waals surface area contributed by atoms with E-state index in [9.17, 15) is 5.11 Å². The minimum absolute atomic E-state index is 0.00972. The van der Waals surface area contributed by atoms with Gasteiger partial charge in [0, 0.05) is 27.1 Å². The van der Waals surface area contributed by atoms with Gasteiger partial charge in [0.25, 0.3) is 0 Å². The molecule has 0 aliphatic heterocycles. The molecule has 3 heteroatoms. The number of methoxy groups -OCH3 is 1. The number of benzene rings is 3. The summed E-state index contributed by atoms with van der Waals surface area (Å²) in [5.41, 5.74) is 2.05. The standard InChI is InChI=1S/C22H18O2S/c1-24-17-11-12-18(19(23)14-17)22(15-7-3-2-4-8-15)21-13-16-9-5-6-10-20(16)25-21/h2-14,22-23H,1H3/t22-/m0/s1. The molecule has 4 rings (SSSR count).